The van der Waals surface area contributed by atoms with Gasteiger partial charge in [0, 0.05) is 18.3 Å². The number of hydrogen-bond donors (Lipinski definition) is 1. The van der Waals surface area contributed by atoms with Gasteiger partial charge in [0.15, 0.2) is 5.17 Å². The van der Waals surface area contributed by atoms with Crippen LogP contribution in [0.3, 0.4) is 0 Å². The zero-order valence-corrected chi connectivity index (χ0v) is 11.5. The topological polar surface area (TPSA) is 24.4 Å². The second-order valence-corrected chi connectivity index (χ2v) is 6.63. The van der Waals surface area contributed by atoms with Gasteiger partial charge < -0.3 is 5.32 Å². The highest BCUT2D eigenvalue weighted by Crippen LogP contribution is 2.32. The minimum Gasteiger partial charge on any atom is -0.362 e. The molecule has 0 aromatic rings. The molecule has 2 fully saturated rings. The Balaban J connectivity index is 1.84. The first-order valence-corrected chi connectivity index (χ1v) is 7.59. The van der Waals surface area contributed by atoms with Crippen LogP contribution in [-0.4, -0.2) is 23.5 Å². The van der Waals surface area contributed by atoms with Gasteiger partial charge in [0.2, 0.25) is 0 Å². The third-order valence-corrected chi connectivity index (χ3v) is 5.18. The maximum Gasteiger partial charge on any atom is 0.156 e. The van der Waals surface area contributed by atoms with Crippen LogP contribution in [-0.2, 0) is 0 Å². The summed E-state index contributed by atoms with van der Waals surface area (Å²) in [6.45, 7) is 7.82. The van der Waals surface area contributed by atoms with Gasteiger partial charge in [-0.05, 0) is 30.6 Å². The molecule has 3 atom stereocenters. The molecule has 3 heteroatoms. The smallest absolute Gasteiger partial charge is 0.156 e. The molecule has 1 aliphatic carbocycles. The van der Waals surface area contributed by atoms with E-state index >= 15 is 0 Å². The Kier molecular flexibility index (Phi) is 4.17. The fourth-order valence-corrected chi connectivity index (χ4v) is 3.51. The molecule has 0 amide bonds. The molecule has 16 heavy (non-hydrogen) atoms. The van der Waals surface area contributed by atoms with Crippen LogP contribution in [0.25, 0.3) is 0 Å². The van der Waals surface area contributed by atoms with E-state index in [-0.39, 0.29) is 0 Å². The molecule has 0 bridgehead atoms. The summed E-state index contributed by atoms with van der Waals surface area (Å²) in [5.74, 6) is 3.62. The number of aliphatic imine (C=N–C) groups is 1. The zero-order valence-electron chi connectivity index (χ0n) is 10.7. The fraction of sp³-hybridized carbons (Fsp3) is 0.923. The van der Waals surface area contributed by atoms with Gasteiger partial charge in [0.05, 0.1) is 0 Å². The summed E-state index contributed by atoms with van der Waals surface area (Å²) in [4.78, 5) is 4.73. The Morgan fingerprint density at radius 3 is 2.94 bits per heavy atom. The Morgan fingerprint density at radius 1 is 1.38 bits per heavy atom. The standard InChI is InChI=1S/C13H24N2S/c1-9(2)10(3)7-14-13-15-12-6-4-5-11(12)8-16-13/h9-12H,4-8H2,1-3H3,(H,14,15). The van der Waals surface area contributed by atoms with E-state index in [1.54, 1.807) is 0 Å². The van der Waals surface area contributed by atoms with Crippen molar-refractivity contribution in [3.8, 4) is 0 Å². The van der Waals surface area contributed by atoms with Crippen LogP contribution in [0.2, 0.25) is 0 Å². The molecule has 2 aliphatic rings. The molecular formula is C13H24N2S. The maximum absolute atomic E-state index is 4.73. The van der Waals surface area contributed by atoms with E-state index in [2.05, 4.69) is 26.1 Å². The number of amidine groups is 1. The first-order valence-electron chi connectivity index (χ1n) is 6.60. The number of fused-ring (bicyclic) bond motifs is 1. The number of hydrogen-bond acceptors (Lipinski definition) is 2. The highest BCUT2D eigenvalue weighted by molar-refractivity contribution is 8.13. The molecule has 0 spiro atoms. The van der Waals surface area contributed by atoms with Gasteiger partial charge in [-0.15, -0.1) is 0 Å². The van der Waals surface area contributed by atoms with Gasteiger partial charge in [0.25, 0.3) is 0 Å². The van der Waals surface area contributed by atoms with Gasteiger partial charge >= 0.3 is 0 Å². The van der Waals surface area contributed by atoms with Gasteiger partial charge in [-0.1, -0.05) is 39.0 Å². The lowest BCUT2D eigenvalue weighted by molar-refractivity contribution is 0.428. The summed E-state index contributed by atoms with van der Waals surface area (Å²) in [5.41, 5.74) is 0. The third-order valence-electron chi connectivity index (χ3n) is 4.06. The van der Waals surface area contributed by atoms with Gasteiger partial charge in [0.1, 0.15) is 0 Å². The van der Waals surface area contributed by atoms with Crippen LogP contribution in [0.5, 0.6) is 0 Å². The highest BCUT2D eigenvalue weighted by Gasteiger charge is 2.31. The van der Waals surface area contributed by atoms with Crippen molar-refractivity contribution in [2.45, 2.75) is 46.1 Å². The first-order chi connectivity index (χ1) is 7.66. The van der Waals surface area contributed by atoms with Crippen molar-refractivity contribution >= 4 is 16.9 Å². The molecule has 1 saturated carbocycles. The predicted molar refractivity (Wildman–Crippen MR) is 73.0 cm³/mol. The largest absolute Gasteiger partial charge is 0.362 e. The van der Waals surface area contributed by atoms with Crippen molar-refractivity contribution in [1.82, 2.24) is 5.32 Å². The van der Waals surface area contributed by atoms with Crippen molar-refractivity contribution in [3.63, 3.8) is 0 Å². The Hall–Kier alpha value is -0.180. The van der Waals surface area contributed by atoms with E-state index in [1.165, 1.54) is 30.2 Å². The molecule has 1 heterocycles. The number of rotatable bonds is 3. The predicted octanol–water partition coefficient (Wildman–Crippen LogP) is 3.14. The van der Waals surface area contributed by atoms with Crippen LogP contribution in [0.15, 0.2) is 4.99 Å². The fourth-order valence-electron chi connectivity index (χ4n) is 2.34. The summed E-state index contributed by atoms with van der Waals surface area (Å²) >= 11 is 1.93. The first kappa shape index (κ1) is 12.3. The quantitative estimate of drug-likeness (QED) is 0.819. The molecule has 1 saturated heterocycles. The number of nitrogens with one attached hydrogen (secondary N) is 1. The second-order valence-electron chi connectivity index (χ2n) is 5.62. The van der Waals surface area contributed by atoms with Crippen molar-refractivity contribution in [3.05, 3.63) is 0 Å². The van der Waals surface area contributed by atoms with E-state index in [0.717, 1.165) is 24.4 Å². The molecule has 0 aromatic carbocycles. The minimum absolute atomic E-state index is 0.691. The Morgan fingerprint density at radius 2 is 2.19 bits per heavy atom. The van der Waals surface area contributed by atoms with Crippen LogP contribution in [0.1, 0.15) is 40.0 Å². The summed E-state index contributed by atoms with van der Waals surface area (Å²) < 4.78 is 0. The SMILES string of the molecule is CC(C)C(C)CN=C1NC2CCCC2CS1. The Labute approximate surface area is 104 Å². The second kappa shape index (κ2) is 5.44. The monoisotopic (exact) mass is 240 g/mol. The molecule has 1 aliphatic heterocycles. The summed E-state index contributed by atoms with van der Waals surface area (Å²) in [7, 11) is 0. The summed E-state index contributed by atoms with van der Waals surface area (Å²) in [6, 6.07) is 0.731. The van der Waals surface area contributed by atoms with E-state index in [0.29, 0.717) is 5.92 Å². The van der Waals surface area contributed by atoms with Crippen molar-refractivity contribution in [1.29, 1.82) is 0 Å². The molecule has 0 aromatic heterocycles. The molecule has 2 rings (SSSR count). The lowest BCUT2D eigenvalue weighted by Gasteiger charge is -2.28. The lowest BCUT2D eigenvalue weighted by atomic mass is 9.99. The maximum atomic E-state index is 4.73. The van der Waals surface area contributed by atoms with Crippen molar-refractivity contribution in [2.24, 2.45) is 22.7 Å². The Bertz CT molecular complexity index is 263. The van der Waals surface area contributed by atoms with E-state index in [1.807, 2.05) is 11.8 Å². The van der Waals surface area contributed by atoms with Crippen LogP contribution < -0.4 is 5.32 Å². The zero-order chi connectivity index (χ0) is 11.5. The van der Waals surface area contributed by atoms with Crippen LogP contribution in [0, 0.1) is 17.8 Å². The molecule has 1 N–H and O–H groups in total. The number of nitrogens with zero attached hydrogens (tertiary/aromatic N) is 1. The molecule has 0 radical (unpaired) electrons. The molecular weight excluding hydrogens is 216 g/mol. The summed E-state index contributed by atoms with van der Waals surface area (Å²) in [6.07, 6.45) is 4.17. The number of thioether (sulfide) groups is 1. The molecule has 2 nitrogen and oxygen atoms in total. The van der Waals surface area contributed by atoms with E-state index in [9.17, 15) is 0 Å². The average Bonchev–Trinajstić information content (AvgIpc) is 2.72. The van der Waals surface area contributed by atoms with Crippen molar-refractivity contribution in [2.75, 3.05) is 12.3 Å². The van der Waals surface area contributed by atoms with Crippen LogP contribution in [0.4, 0.5) is 0 Å². The average molecular weight is 240 g/mol. The molecule has 92 valence electrons. The van der Waals surface area contributed by atoms with Gasteiger partial charge in [-0.25, -0.2) is 0 Å². The summed E-state index contributed by atoms with van der Waals surface area (Å²) in [5, 5.41) is 4.83. The van der Waals surface area contributed by atoms with E-state index < -0.39 is 0 Å². The van der Waals surface area contributed by atoms with Crippen molar-refractivity contribution < 1.29 is 0 Å². The van der Waals surface area contributed by atoms with Gasteiger partial charge in [-0.3, -0.25) is 4.99 Å². The lowest BCUT2D eigenvalue weighted by Crippen LogP contribution is -2.41. The van der Waals surface area contributed by atoms with Gasteiger partial charge in [-0.2, -0.15) is 0 Å². The minimum atomic E-state index is 0.691. The van der Waals surface area contributed by atoms with Crippen LogP contribution >= 0.6 is 11.8 Å². The van der Waals surface area contributed by atoms with E-state index in [4.69, 9.17) is 4.99 Å². The third kappa shape index (κ3) is 2.93. The molecule has 3 unspecified atom stereocenters. The normalized spacial score (nSPS) is 33.9. The highest BCUT2D eigenvalue weighted by atomic mass is 32.2.